The van der Waals surface area contributed by atoms with Crippen molar-refractivity contribution in [2.75, 3.05) is 26.4 Å². The molecule has 0 aromatic heterocycles. The van der Waals surface area contributed by atoms with Gasteiger partial charge >= 0.3 is 0 Å². The van der Waals surface area contributed by atoms with Crippen LogP contribution in [-0.4, -0.2) is 31.4 Å². The highest BCUT2D eigenvalue weighted by Gasteiger charge is 2.09. The number of amides is 1. The summed E-state index contributed by atoms with van der Waals surface area (Å²) in [6.45, 7) is 0.998. The van der Waals surface area contributed by atoms with Gasteiger partial charge in [-0.15, -0.1) is 0 Å². The highest BCUT2D eigenvalue weighted by Crippen LogP contribution is 2.23. The molecule has 0 bridgehead atoms. The van der Waals surface area contributed by atoms with E-state index in [1.165, 1.54) is 0 Å². The van der Waals surface area contributed by atoms with E-state index < -0.39 is 0 Å². The summed E-state index contributed by atoms with van der Waals surface area (Å²) in [7, 11) is 3.51. The molecule has 0 aliphatic heterocycles. The minimum atomic E-state index is -0.00637. The predicted molar refractivity (Wildman–Crippen MR) is 69.0 cm³/mol. The zero-order valence-corrected chi connectivity index (χ0v) is 11.0. The van der Waals surface area contributed by atoms with Crippen molar-refractivity contribution in [3.63, 3.8) is 0 Å². The van der Waals surface area contributed by atoms with Crippen molar-refractivity contribution >= 4 is 27.5 Å². The maximum atomic E-state index is 11.2. The fourth-order valence-electron chi connectivity index (χ4n) is 1.39. The average molecular weight is 286 g/mol. The Morgan fingerprint density at radius 2 is 2.25 bits per heavy atom. The second-order valence-corrected chi connectivity index (χ2v) is 4.51. The first kappa shape index (κ1) is 13.0. The van der Waals surface area contributed by atoms with Crippen LogP contribution in [0.3, 0.4) is 0 Å². The van der Waals surface area contributed by atoms with Crippen molar-refractivity contribution in [2.24, 2.45) is 0 Å². The van der Waals surface area contributed by atoms with Crippen molar-refractivity contribution in [3.05, 3.63) is 28.2 Å². The highest BCUT2D eigenvalue weighted by atomic mass is 79.9. The first-order valence-corrected chi connectivity index (χ1v) is 5.76. The Balaban J connectivity index is 2.69. The lowest BCUT2D eigenvalue weighted by Crippen LogP contribution is -2.32. The molecule has 1 aromatic carbocycles. The number of nitrogens with one attached hydrogen (secondary N) is 1. The Labute approximate surface area is 104 Å². The summed E-state index contributed by atoms with van der Waals surface area (Å²) in [4.78, 5) is 13.1. The first-order valence-electron chi connectivity index (χ1n) is 4.96. The number of nitrogens with two attached hydrogens (primary N) is 1. The van der Waals surface area contributed by atoms with E-state index in [4.69, 9.17) is 5.73 Å². The fraction of sp³-hybridized carbons (Fsp3) is 0.364. The lowest BCUT2D eigenvalue weighted by atomic mass is 10.1. The van der Waals surface area contributed by atoms with Gasteiger partial charge in [-0.25, -0.2) is 0 Å². The van der Waals surface area contributed by atoms with E-state index in [9.17, 15) is 4.79 Å². The summed E-state index contributed by atoms with van der Waals surface area (Å²) in [5.41, 5.74) is 7.62. The Hall–Kier alpha value is -1.07. The molecule has 4 nitrogen and oxygen atoms in total. The number of likely N-dealkylation sites (N-methyl/N-ethyl adjacent to an activating group) is 2. The van der Waals surface area contributed by atoms with Gasteiger partial charge in [0.2, 0.25) is 5.91 Å². The van der Waals surface area contributed by atoms with Crippen molar-refractivity contribution < 1.29 is 4.79 Å². The zero-order chi connectivity index (χ0) is 12.1. The molecule has 0 heterocycles. The summed E-state index contributed by atoms with van der Waals surface area (Å²) in [6.07, 6.45) is 0. The minimum absolute atomic E-state index is 0.00637. The van der Waals surface area contributed by atoms with Crippen LogP contribution in [0.5, 0.6) is 0 Å². The SMILES string of the molecule is CNC(=O)CN(C)Cc1c(N)cccc1Br. The maximum Gasteiger partial charge on any atom is 0.233 e. The van der Waals surface area contributed by atoms with Crippen LogP contribution in [0.15, 0.2) is 22.7 Å². The number of halogens is 1. The van der Waals surface area contributed by atoms with Crippen molar-refractivity contribution in [1.82, 2.24) is 10.2 Å². The van der Waals surface area contributed by atoms with Gasteiger partial charge in [-0.1, -0.05) is 22.0 Å². The Morgan fingerprint density at radius 1 is 1.56 bits per heavy atom. The largest absolute Gasteiger partial charge is 0.398 e. The van der Waals surface area contributed by atoms with E-state index >= 15 is 0 Å². The molecule has 0 spiro atoms. The summed E-state index contributed by atoms with van der Waals surface area (Å²) in [6, 6.07) is 5.69. The number of rotatable bonds is 4. The van der Waals surface area contributed by atoms with E-state index in [0.29, 0.717) is 13.1 Å². The second-order valence-electron chi connectivity index (χ2n) is 3.65. The van der Waals surface area contributed by atoms with Gasteiger partial charge in [0.15, 0.2) is 0 Å². The molecule has 0 unspecified atom stereocenters. The maximum absolute atomic E-state index is 11.2. The molecule has 0 aliphatic carbocycles. The number of hydrogen-bond donors (Lipinski definition) is 2. The van der Waals surface area contributed by atoms with Crippen molar-refractivity contribution in [3.8, 4) is 0 Å². The number of nitrogens with zero attached hydrogens (tertiary/aromatic N) is 1. The van der Waals surface area contributed by atoms with E-state index in [-0.39, 0.29) is 5.91 Å². The Bertz CT molecular complexity index is 361. The first-order chi connectivity index (χ1) is 7.54. The van der Waals surface area contributed by atoms with Crippen LogP contribution < -0.4 is 11.1 Å². The Morgan fingerprint density at radius 3 is 2.81 bits per heavy atom. The van der Waals surface area contributed by atoms with Crippen LogP contribution in [0.25, 0.3) is 0 Å². The smallest absolute Gasteiger partial charge is 0.233 e. The monoisotopic (exact) mass is 285 g/mol. The van der Waals surface area contributed by atoms with Gasteiger partial charge in [-0.3, -0.25) is 9.69 Å². The van der Waals surface area contributed by atoms with Gasteiger partial charge < -0.3 is 11.1 Å². The van der Waals surface area contributed by atoms with Crippen LogP contribution in [0, 0.1) is 0 Å². The van der Waals surface area contributed by atoms with Crippen LogP contribution >= 0.6 is 15.9 Å². The van der Waals surface area contributed by atoms with Crippen molar-refractivity contribution in [1.29, 1.82) is 0 Å². The summed E-state index contributed by atoms with van der Waals surface area (Å²) < 4.78 is 0.969. The lowest BCUT2D eigenvalue weighted by Gasteiger charge is -2.17. The van der Waals surface area contributed by atoms with Gasteiger partial charge in [0, 0.05) is 29.3 Å². The minimum Gasteiger partial charge on any atom is -0.398 e. The molecule has 0 saturated heterocycles. The van der Waals surface area contributed by atoms with E-state index in [0.717, 1.165) is 15.7 Å². The molecule has 0 atom stereocenters. The molecule has 1 amide bonds. The van der Waals surface area contributed by atoms with E-state index in [1.807, 2.05) is 30.1 Å². The standard InChI is InChI=1S/C11H16BrN3O/c1-14-11(16)7-15(2)6-8-9(12)4-3-5-10(8)13/h3-5H,6-7,13H2,1-2H3,(H,14,16). The molecular formula is C11H16BrN3O. The van der Waals surface area contributed by atoms with Crippen molar-refractivity contribution in [2.45, 2.75) is 6.54 Å². The number of benzene rings is 1. The second kappa shape index (κ2) is 5.86. The molecule has 1 aromatic rings. The summed E-state index contributed by atoms with van der Waals surface area (Å²) in [5.74, 6) is -0.00637. The molecule has 5 heteroatoms. The number of nitrogen functional groups attached to an aromatic ring is 1. The van der Waals surface area contributed by atoms with E-state index in [1.54, 1.807) is 7.05 Å². The van der Waals surface area contributed by atoms with E-state index in [2.05, 4.69) is 21.2 Å². The fourth-order valence-corrected chi connectivity index (χ4v) is 1.90. The summed E-state index contributed by atoms with van der Waals surface area (Å²) >= 11 is 3.45. The number of anilines is 1. The number of hydrogen-bond acceptors (Lipinski definition) is 3. The number of carbonyl (C=O) groups is 1. The molecule has 1 rings (SSSR count). The molecule has 0 fully saturated rings. The molecule has 88 valence electrons. The zero-order valence-electron chi connectivity index (χ0n) is 9.46. The molecule has 0 saturated carbocycles. The summed E-state index contributed by atoms with van der Waals surface area (Å²) in [5, 5.41) is 2.59. The quantitative estimate of drug-likeness (QED) is 0.818. The lowest BCUT2D eigenvalue weighted by molar-refractivity contribution is -0.121. The molecule has 0 radical (unpaired) electrons. The third-order valence-electron chi connectivity index (χ3n) is 2.28. The third kappa shape index (κ3) is 3.50. The van der Waals surface area contributed by atoms with Crippen LogP contribution in [0.1, 0.15) is 5.56 Å². The molecule has 16 heavy (non-hydrogen) atoms. The molecular weight excluding hydrogens is 270 g/mol. The van der Waals surface area contributed by atoms with Gasteiger partial charge in [0.05, 0.1) is 6.54 Å². The predicted octanol–water partition coefficient (Wildman–Crippen LogP) is 1.21. The highest BCUT2D eigenvalue weighted by molar-refractivity contribution is 9.10. The van der Waals surface area contributed by atoms with Gasteiger partial charge in [0.1, 0.15) is 0 Å². The molecule has 0 aliphatic rings. The van der Waals surface area contributed by atoms with Gasteiger partial charge in [0.25, 0.3) is 0 Å². The third-order valence-corrected chi connectivity index (χ3v) is 3.02. The molecule has 3 N–H and O–H groups in total. The van der Waals surface area contributed by atoms with Crippen LogP contribution in [-0.2, 0) is 11.3 Å². The normalized spacial score (nSPS) is 10.5. The van der Waals surface area contributed by atoms with Gasteiger partial charge in [-0.05, 0) is 19.2 Å². The van der Waals surface area contributed by atoms with Crippen LogP contribution in [0.4, 0.5) is 5.69 Å². The van der Waals surface area contributed by atoms with Gasteiger partial charge in [-0.2, -0.15) is 0 Å². The Kier molecular flexibility index (Phi) is 4.76. The van der Waals surface area contributed by atoms with Crippen LogP contribution in [0.2, 0.25) is 0 Å². The average Bonchev–Trinajstić information content (AvgIpc) is 2.23. The topological polar surface area (TPSA) is 58.4 Å². The number of carbonyl (C=O) groups excluding carboxylic acids is 1.